The monoisotopic (exact) mass is 287 g/mol. The number of hydrogen-bond donors (Lipinski definition) is 1. The van der Waals surface area contributed by atoms with Gasteiger partial charge in [0.15, 0.2) is 0 Å². The molecule has 0 saturated carbocycles. The van der Waals surface area contributed by atoms with Gasteiger partial charge in [-0.15, -0.1) is 27.8 Å². The highest BCUT2D eigenvalue weighted by atomic mass is 32.1. The van der Waals surface area contributed by atoms with Crippen LogP contribution in [0.2, 0.25) is 0 Å². The molecule has 0 fully saturated rings. The second-order valence-corrected chi connectivity index (χ2v) is 5.46. The van der Waals surface area contributed by atoms with Crippen LogP contribution in [-0.2, 0) is 0 Å². The predicted molar refractivity (Wildman–Crippen MR) is 79.5 cm³/mol. The van der Waals surface area contributed by atoms with Crippen LogP contribution < -0.4 is 0 Å². The Morgan fingerprint density at radius 2 is 1.68 bits per heavy atom. The molecule has 0 atom stereocenters. The number of thiophene rings is 2. The van der Waals surface area contributed by atoms with Crippen molar-refractivity contribution in [3.8, 4) is 0 Å². The van der Waals surface area contributed by atoms with Crippen LogP contribution in [0.4, 0.5) is 11.9 Å². The van der Waals surface area contributed by atoms with Crippen molar-refractivity contribution in [1.29, 1.82) is 0 Å². The molecule has 0 amide bonds. The summed E-state index contributed by atoms with van der Waals surface area (Å²) < 4.78 is 0. The molecule has 19 heavy (non-hydrogen) atoms. The van der Waals surface area contributed by atoms with Crippen molar-refractivity contribution < 1.29 is 0 Å². The molecule has 0 spiro atoms. The van der Waals surface area contributed by atoms with Gasteiger partial charge in [0.2, 0.25) is 5.95 Å². The van der Waals surface area contributed by atoms with Crippen LogP contribution in [0.5, 0.6) is 0 Å². The lowest BCUT2D eigenvalue weighted by atomic mass is 10.5. The van der Waals surface area contributed by atoms with Crippen LogP contribution in [0.3, 0.4) is 0 Å². The molecule has 0 unspecified atom stereocenters. The molecule has 0 bridgehead atoms. The Labute approximate surface area is 117 Å². The number of aromatic amines is 1. The third-order valence-electron chi connectivity index (χ3n) is 2.17. The molecule has 1 N–H and O–H groups in total. The zero-order valence-electron chi connectivity index (χ0n) is 9.72. The largest absolute Gasteiger partial charge is 0.269 e. The van der Waals surface area contributed by atoms with Crippen LogP contribution >= 0.6 is 22.7 Å². The molecule has 0 aliphatic carbocycles. The van der Waals surface area contributed by atoms with E-state index < -0.39 is 0 Å². The van der Waals surface area contributed by atoms with E-state index in [0.29, 0.717) is 11.9 Å². The van der Waals surface area contributed by atoms with Gasteiger partial charge in [-0.3, -0.25) is 0 Å². The first-order chi connectivity index (χ1) is 9.40. The molecule has 0 saturated heterocycles. The van der Waals surface area contributed by atoms with E-state index in [9.17, 15) is 0 Å². The molecule has 5 nitrogen and oxygen atoms in total. The first-order valence-electron chi connectivity index (χ1n) is 5.48. The second kappa shape index (κ2) is 5.68. The van der Waals surface area contributed by atoms with Gasteiger partial charge in [-0.05, 0) is 22.9 Å². The number of aliphatic imine (C=N–C) groups is 2. The normalized spacial score (nSPS) is 11.8. The quantitative estimate of drug-likeness (QED) is 0.747. The summed E-state index contributed by atoms with van der Waals surface area (Å²) in [6, 6.07) is 7.92. The summed E-state index contributed by atoms with van der Waals surface area (Å²) in [4.78, 5) is 14.7. The standard InChI is InChI=1S/C12H9N5S2/c1-3-9(18-5-1)7-13-11-15-12(17-16-11)14-8-10-4-2-6-19-10/h1-8H,(H,15,16,17)/b13-7+,14-8+. The van der Waals surface area contributed by atoms with Crippen molar-refractivity contribution in [2.24, 2.45) is 9.98 Å². The lowest BCUT2D eigenvalue weighted by molar-refractivity contribution is 1.08. The summed E-state index contributed by atoms with van der Waals surface area (Å²) in [7, 11) is 0. The maximum atomic E-state index is 4.20. The average Bonchev–Trinajstić information content (AvgIpc) is 3.16. The molecule has 0 aromatic carbocycles. The van der Waals surface area contributed by atoms with Gasteiger partial charge in [-0.25, -0.2) is 15.1 Å². The molecule has 3 heterocycles. The highest BCUT2D eigenvalue weighted by Gasteiger charge is 1.98. The van der Waals surface area contributed by atoms with Crippen molar-refractivity contribution in [1.82, 2.24) is 15.2 Å². The third kappa shape index (κ3) is 3.21. The van der Waals surface area contributed by atoms with Gasteiger partial charge in [0, 0.05) is 22.2 Å². The summed E-state index contributed by atoms with van der Waals surface area (Å²) in [5.74, 6) is 0.832. The number of aromatic nitrogens is 3. The van der Waals surface area contributed by atoms with Gasteiger partial charge in [0.25, 0.3) is 5.95 Å². The molecule has 3 aromatic rings. The Balaban J connectivity index is 1.69. The fourth-order valence-electron chi connectivity index (χ4n) is 1.34. The summed E-state index contributed by atoms with van der Waals surface area (Å²) in [6.07, 6.45) is 3.48. The molecule has 7 heteroatoms. The lowest BCUT2D eigenvalue weighted by Crippen LogP contribution is -1.73. The van der Waals surface area contributed by atoms with E-state index in [-0.39, 0.29) is 0 Å². The average molecular weight is 287 g/mol. The van der Waals surface area contributed by atoms with Gasteiger partial charge in [-0.1, -0.05) is 12.1 Å². The van der Waals surface area contributed by atoms with Gasteiger partial charge in [0.05, 0.1) is 0 Å². The van der Waals surface area contributed by atoms with E-state index in [0.717, 1.165) is 9.75 Å². The Morgan fingerprint density at radius 1 is 1.00 bits per heavy atom. The molecular formula is C12H9N5S2. The molecule has 3 aromatic heterocycles. The number of nitrogens with zero attached hydrogens (tertiary/aromatic N) is 4. The van der Waals surface area contributed by atoms with Crippen LogP contribution in [0.15, 0.2) is 45.0 Å². The fraction of sp³-hybridized carbons (Fsp3) is 0. The SMILES string of the molecule is C(=N\c1n[nH]c(/N=C/c2cccs2)n1)/c1cccs1. The van der Waals surface area contributed by atoms with Crippen LogP contribution in [0, 0.1) is 0 Å². The smallest absolute Gasteiger partial charge is 0.241 e. The van der Waals surface area contributed by atoms with E-state index in [2.05, 4.69) is 25.2 Å². The number of hydrogen-bond acceptors (Lipinski definition) is 6. The maximum Gasteiger partial charge on any atom is 0.269 e. The van der Waals surface area contributed by atoms with Gasteiger partial charge >= 0.3 is 0 Å². The third-order valence-corrected chi connectivity index (χ3v) is 3.78. The minimum atomic E-state index is 0.381. The molecule has 94 valence electrons. The van der Waals surface area contributed by atoms with E-state index in [1.165, 1.54) is 0 Å². The highest BCUT2D eigenvalue weighted by molar-refractivity contribution is 7.12. The Hall–Kier alpha value is -2.12. The van der Waals surface area contributed by atoms with Gasteiger partial charge in [-0.2, -0.15) is 4.98 Å². The van der Waals surface area contributed by atoms with Gasteiger partial charge < -0.3 is 0 Å². The van der Waals surface area contributed by atoms with Crippen molar-refractivity contribution in [3.63, 3.8) is 0 Å². The highest BCUT2D eigenvalue weighted by Crippen LogP contribution is 2.12. The van der Waals surface area contributed by atoms with Crippen molar-refractivity contribution in [2.75, 3.05) is 0 Å². The summed E-state index contributed by atoms with van der Waals surface area (Å²) in [5, 5.41) is 10.7. The van der Waals surface area contributed by atoms with Crippen molar-refractivity contribution >= 4 is 47.0 Å². The molecule has 0 radical (unpaired) electrons. The summed E-state index contributed by atoms with van der Waals surface area (Å²) in [6.45, 7) is 0. The van der Waals surface area contributed by atoms with E-state index >= 15 is 0 Å². The van der Waals surface area contributed by atoms with Crippen LogP contribution in [0.25, 0.3) is 0 Å². The fourth-order valence-corrected chi connectivity index (χ4v) is 2.51. The number of H-pyrrole nitrogens is 1. The lowest BCUT2D eigenvalue weighted by Gasteiger charge is -1.82. The first kappa shape index (κ1) is 11.9. The van der Waals surface area contributed by atoms with E-state index in [1.54, 1.807) is 35.1 Å². The van der Waals surface area contributed by atoms with E-state index in [4.69, 9.17) is 0 Å². The molecule has 0 aliphatic heterocycles. The van der Waals surface area contributed by atoms with Crippen LogP contribution in [-0.4, -0.2) is 27.6 Å². The summed E-state index contributed by atoms with van der Waals surface area (Å²) in [5.41, 5.74) is 0. The molecule has 0 aliphatic rings. The van der Waals surface area contributed by atoms with Gasteiger partial charge in [0.1, 0.15) is 0 Å². The minimum Gasteiger partial charge on any atom is -0.241 e. The Bertz CT molecular complexity index is 621. The Kier molecular flexibility index (Phi) is 3.57. The minimum absolute atomic E-state index is 0.381. The van der Waals surface area contributed by atoms with Crippen molar-refractivity contribution in [2.45, 2.75) is 0 Å². The number of nitrogens with one attached hydrogen (secondary N) is 1. The van der Waals surface area contributed by atoms with Crippen molar-refractivity contribution in [3.05, 3.63) is 44.8 Å². The topological polar surface area (TPSA) is 66.3 Å². The maximum absolute atomic E-state index is 4.20. The zero-order valence-corrected chi connectivity index (χ0v) is 11.4. The summed E-state index contributed by atoms with van der Waals surface area (Å²) >= 11 is 3.23. The predicted octanol–water partition coefficient (Wildman–Crippen LogP) is 3.43. The zero-order chi connectivity index (χ0) is 12.9. The Morgan fingerprint density at radius 3 is 2.32 bits per heavy atom. The first-order valence-corrected chi connectivity index (χ1v) is 7.24. The van der Waals surface area contributed by atoms with E-state index in [1.807, 2.05) is 35.0 Å². The molecular weight excluding hydrogens is 278 g/mol. The van der Waals surface area contributed by atoms with Crippen LogP contribution in [0.1, 0.15) is 9.75 Å². The molecule has 3 rings (SSSR count). The second-order valence-electron chi connectivity index (χ2n) is 3.51. The number of rotatable bonds is 4.